The van der Waals surface area contributed by atoms with E-state index in [4.69, 9.17) is 0 Å². The Hall–Kier alpha value is -2.48. The molecule has 0 amide bonds. The molecule has 0 bridgehead atoms. The van der Waals surface area contributed by atoms with Gasteiger partial charge in [0.1, 0.15) is 0 Å². The molecule has 0 unspecified atom stereocenters. The van der Waals surface area contributed by atoms with E-state index in [9.17, 15) is 8.78 Å². The summed E-state index contributed by atoms with van der Waals surface area (Å²) in [6.45, 7) is 2.25. The van der Waals surface area contributed by atoms with Gasteiger partial charge in [0.15, 0.2) is 11.6 Å². The van der Waals surface area contributed by atoms with Gasteiger partial charge in [0.05, 0.1) is 0 Å². The van der Waals surface area contributed by atoms with Crippen LogP contribution < -0.4 is 0 Å². The number of hydrogen-bond donors (Lipinski definition) is 0. The predicted molar refractivity (Wildman–Crippen MR) is 117 cm³/mol. The van der Waals surface area contributed by atoms with E-state index < -0.39 is 11.6 Å². The third kappa shape index (κ3) is 4.42. The molecule has 0 nitrogen and oxygen atoms in total. The first kappa shape index (κ1) is 19.8. The quantitative estimate of drug-likeness (QED) is 0.360. The summed E-state index contributed by atoms with van der Waals surface area (Å²) in [5.74, 6) is -1.60. The zero-order valence-corrected chi connectivity index (χ0v) is 17.1. The summed E-state index contributed by atoms with van der Waals surface area (Å²) in [5.41, 5.74) is 8.41. The average Bonchev–Trinajstić information content (AvgIpc) is 2.75. The van der Waals surface area contributed by atoms with Crippen LogP contribution in [0.1, 0.15) is 55.7 Å². The monoisotopic (exact) mass is 390 g/mol. The molecule has 0 radical (unpaired) electrons. The third-order valence-electron chi connectivity index (χ3n) is 6.05. The van der Waals surface area contributed by atoms with Crippen molar-refractivity contribution in [2.45, 2.75) is 58.3 Å². The van der Waals surface area contributed by atoms with Gasteiger partial charge in [-0.05, 0) is 76.8 Å². The van der Waals surface area contributed by atoms with Gasteiger partial charge in [0, 0.05) is 0 Å². The first-order valence-corrected chi connectivity index (χ1v) is 10.9. The van der Waals surface area contributed by atoms with Crippen molar-refractivity contribution in [1.82, 2.24) is 0 Å². The fourth-order valence-corrected chi connectivity index (χ4v) is 4.39. The minimum Gasteiger partial charge on any atom is -0.204 e. The molecule has 0 N–H and O–H groups in total. The van der Waals surface area contributed by atoms with Crippen LogP contribution in [-0.4, -0.2) is 0 Å². The summed E-state index contributed by atoms with van der Waals surface area (Å²) < 4.78 is 26.9. The maximum absolute atomic E-state index is 13.6. The maximum Gasteiger partial charge on any atom is 0.159 e. The summed E-state index contributed by atoms with van der Waals surface area (Å²) in [4.78, 5) is 0. The molecule has 0 aromatic heterocycles. The van der Waals surface area contributed by atoms with Crippen LogP contribution in [0.15, 0.2) is 54.6 Å². The van der Waals surface area contributed by atoms with Crippen molar-refractivity contribution in [2.75, 3.05) is 0 Å². The second-order valence-corrected chi connectivity index (χ2v) is 8.16. The minimum absolute atomic E-state index is 0.718. The van der Waals surface area contributed by atoms with Gasteiger partial charge in [-0.3, -0.25) is 0 Å². The molecule has 0 heterocycles. The normalized spacial score (nSPS) is 12.5. The van der Waals surface area contributed by atoms with Gasteiger partial charge < -0.3 is 0 Å². The molecule has 1 aliphatic rings. The lowest BCUT2D eigenvalue weighted by Crippen LogP contribution is -2.05. The van der Waals surface area contributed by atoms with E-state index in [0.29, 0.717) is 0 Å². The highest BCUT2D eigenvalue weighted by Crippen LogP contribution is 2.36. The number of halogens is 2. The predicted octanol–water partition coefficient (Wildman–Crippen LogP) is 7.91. The van der Waals surface area contributed by atoms with E-state index in [1.165, 1.54) is 78.5 Å². The zero-order valence-electron chi connectivity index (χ0n) is 17.1. The molecule has 0 fully saturated rings. The van der Waals surface area contributed by atoms with Crippen molar-refractivity contribution < 1.29 is 8.78 Å². The number of hydrogen-bond acceptors (Lipinski definition) is 0. The molecule has 0 saturated carbocycles. The molecule has 3 aromatic rings. The summed E-state index contributed by atoms with van der Waals surface area (Å²) in [6.07, 6.45) is 9.75. The molecule has 29 heavy (non-hydrogen) atoms. The largest absolute Gasteiger partial charge is 0.204 e. The van der Waals surface area contributed by atoms with Crippen molar-refractivity contribution in [2.24, 2.45) is 0 Å². The van der Waals surface area contributed by atoms with E-state index >= 15 is 0 Å². The van der Waals surface area contributed by atoms with Gasteiger partial charge in [-0.2, -0.15) is 0 Å². The summed E-state index contributed by atoms with van der Waals surface area (Å²) in [6, 6.07) is 17.3. The van der Waals surface area contributed by atoms with Crippen LogP contribution >= 0.6 is 0 Å². The Balaban J connectivity index is 1.53. The van der Waals surface area contributed by atoms with Gasteiger partial charge >= 0.3 is 0 Å². The SMILES string of the molecule is CCCCCCCc1ccc2c(c1)CCc1cc(-c3ccc(F)c(F)c3)ccc1-2. The minimum atomic E-state index is -0.804. The van der Waals surface area contributed by atoms with Gasteiger partial charge in [0.2, 0.25) is 0 Å². The van der Waals surface area contributed by atoms with E-state index in [-0.39, 0.29) is 0 Å². The summed E-state index contributed by atoms with van der Waals surface area (Å²) in [7, 11) is 0. The lowest BCUT2D eigenvalue weighted by atomic mass is 9.83. The van der Waals surface area contributed by atoms with Crippen LogP contribution in [0, 0.1) is 11.6 Å². The zero-order chi connectivity index (χ0) is 20.2. The molecule has 0 spiro atoms. The fourth-order valence-electron chi connectivity index (χ4n) is 4.39. The Kier molecular flexibility index (Phi) is 6.08. The number of rotatable bonds is 7. The van der Waals surface area contributed by atoms with Crippen molar-refractivity contribution in [1.29, 1.82) is 0 Å². The van der Waals surface area contributed by atoms with Crippen LogP contribution in [0.25, 0.3) is 22.3 Å². The molecule has 0 atom stereocenters. The highest BCUT2D eigenvalue weighted by molar-refractivity contribution is 5.77. The van der Waals surface area contributed by atoms with Crippen molar-refractivity contribution >= 4 is 0 Å². The molecule has 3 aromatic carbocycles. The Morgan fingerprint density at radius 2 is 1.31 bits per heavy atom. The van der Waals surface area contributed by atoms with E-state index in [1.807, 2.05) is 6.07 Å². The van der Waals surface area contributed by atoms with Crippen LogP contribution in [0.3, 0.4) is 0 Å². The maximum atomic E-state index is 13.6. The molecule has 150 valence electrons. The van der Waals surface area contributed by atoms with Gasteiger partial charge in [-0.1, -0.05) is 75.1 Å². The van der Waals surface area contributed by atoms with Crippen molar-refractivity contribution in [3.8, 4) is 22.3 Å². The summed E-state index contributed by atoms with van der Waals surface area (Å²) in [5, 5.41) is 0. The molecular weight excluding hydrogens is 362 g/mol. The average molecular weight is 391 g/mol. The second-order valence-electron chi connectivity index (χ2n) is 8.16. The van der Waals surface area contributed by atoms with Gasteiger partial charge in [-0.25, -0.2) is 8.78 Å². The Bertz CT molecular complexity index is 1000. The Morgan fingerprint density at radius 3 is 2.07 bits per heavy atom. The summed E-state index contributed by atoms with van der Waals surface area (Å²) >= 11 is 0. The van der Waals surface area contributed by atoms with Crippen LogP contribution in [0.5, 0.6) is 0 Å². The molecule has 0 aliphatic heterocycles. The lowest BCUT2D eigenvalue weighted by molar-refractivity contribution is 0.509. The number of unbranched alkanes of at least 4 members (excludes halogenated alkanes) is 4. The van der Waals surface area contributed by atoms with Crippen LogP contribution in [0.4, 0.5) is 8.78 Å². The highest BCUT2D eigenvalue weighted by atomic mass is 19.2. The lowest BCUT2D eigenvalue weighted by Gasteiger charge is -2.21. The molecule has 1 aliphatic carbocycles. The number of benzene rings is 3. The van der Waals surface area contributed by atoms with Crippen LogP contribution in [0.2, 0.25) is 0 Å². The Morgan fingerprint density at radius 1 is 0.655 bits per heavy atom. The first-order valence-electron chi connectivity index (χ1n) is 10.9. The third-order valence-corrected chi connectivity index (χ3v) is 6.05. The van der Waals surface area contributed by atoms with E-state index in [0.717, 1.165) is 24.0 Å². The standard InChI is InChI=1S/C27H28F2/c1-2-3-4-5-6-7-19-8-13-24-22(16-19)9-10-23-17-20(11-14-25(23)24)21-12-15-26(28)27(29)18-21/h8,11-18H,2-7,9-10H2,1H3. The van der Waals surface area contributed by atoms with Crippen LogP contribution in [-0.2, 0) is 19.3 Å². The fraction of sp³-hybridized carbons (Fsp3) is 0.333. The topological polar surface area (TPSA) is 0 Å². The van der Waals surface area contributed by atoms with E-state index in [1.54, 1.807) is 6.07 Å². The molecule has 0 saturated heterocycles. The molecule has 2 heteroatoms. The number of fused-ring (bicyclic) bond motifs is 3. The highest BCUT2D eigenvalue weighted by Gasteiger charge is 2.17. The first-order chi connectivity index (χ1) is 14.2. The Labute approximate surface area is 172 Å². The molecular formula is C27H28F2. The van der Waals surface area contributed by atoms with E-state index in [2.05, 4.69) is 37.3 Å². The van der Waals surface area contributed by atoms with Gasteiger partial charge in [-0.15, -0.1) is 0 Å². The van der Waals surface area contributed by atoms with Crippen molar-refractivity contribution in [3.63, 3.8) is 0 Å². The number of aryl methyl sites for hydroxylation is 3. The molecule has 4 rings (SSSR count). The second kappa shape index (κ2) is 8.90. The smallest absolute Gasteiger partial charge is 0.159 e. The van der Waals surface area contributed by atoms with Gasteiger partial charge in [0.25, 0.3) is 0 Å². The van der Waals surface area contributed by atoms with Crippen molar-refractivity contribution in [3.05, 3.63) is 82.9 Å².